The molecule has 1 amide bonds. The highest BCUT2D eigenvalue weighted by Crippen LogP contribution is 2.31. The second-order valence-corrected chi connectivity index (χ2v) is 8.70. The van der Waals surface area contributed by atoms with Crippen LogP contribution in [0.2, 0.25) is 0 Å². The Morgan fingerprint density at radius 2 is 2.05 bits per heavy atom. The van der Waals surface area contributed by atoms with E-state index in [1.54, 1.807) is 14.9 Å². The number of aromatic nitrogens is 2. The zero-order valence-electron chi connectivity index (χ0n) is 20.2. The van der Waals surface area contributed by atoms with Gasteiger partial charge in [-0.1, -0.05) is 0 Å². The van der Waals surface area contributed by atoms with Crippen LogP contribution in [0.5, 0.6) is 0 Å². The number of rotatable bonds is 8. The fourth-order valence-electron chi connectivity index (χ4n) is 3.96. The van der Waals surface area contributed by atoms with Crippen LogP contribution in [0.3, 0.4) is 0 Å². The van der Waals surface area contributed by atoms with Crippen LogP contribution in [0.4, 0.5) is 32.0 Å². The fraction of sp³-hybridized carbons (Fsp3) is 0.571. The Hall–Kier alpha value is -3.63. The van der Waals surface area contributed by atoms with E-state index in [1.165, 1.54) is 6.92 Å². The van der Waals surface area contributed by atoms with Gasteiger partial charge in [-0.05, 0) is 6.92 Å². The molecule has 0 radical (unpaired) electrons. The molecule has 0 unspecified atom stereocenters. The van der Waals surface area contributed by atoms with Gasteiger partial charge in [0, 0.05) is 31.8 Å². The SMILES string of the molecule is C[C@@H](COCCC(=O)N1CCN2C(N)=C(/C=C(\N)C(F)(F)F)OC[C@@H]2C1)Nc1cn[nH]c(=O)c1C(F)(F)F. The number of carbonyl (C=O) groups is 1. The largest absolute Gasteiger partial charge is 0.488 e. The van der Waals surface area contributed by atoms with E-state index in [1.807, 2.05) is 0 Å². The van der Waals surface area contributed by atoms with Crippen LogP contribution in [0.25, 0.3) is 0 Å². The quantitative estimate of drug-likeness (QED) is 0.273. The van der Waals surface area contributed by atoms with Crippen molar-refractivity contribution in [2.45, 2.75) is 37.8 Å². The monoisotopic (exact) mass is 555 g/mol. The van der Waals surface area contributed by atoms with Gasteiger partial charge in [0.15, 0.2) is 5.76 Å². The molecule has 38 heavy (non-hydrogen) atoms. The molecule has 3 heterocycles. The van der Waals surface area contributed by atoms with Gasteiger partial charge in [0.25, 0.3) is 5.56 Å². The van der Waals surface area contributed by atoms with E-state index < -0.39 is 40.9 Å². The van der Waals surface area contributed by atoms with Crippen molar-refractivity contribution in [2.24, 2.45) is 11.5 Å². The van der Waals surface area contributed by atoms with Crippen LogP contribution in [0.1, 0.15) is 18.9 Å². The number of piperazine rings is 1. The number of ether oxygens (including phenoxy) is 2. The molecule has 0 spiro atoms. The first kappa shape index (κ1) is 28.9. The molecule has 2 aliphatic rings. The molecule has 3 rings (SSSR count). The molecule has 0 aromatic carbocycles. The first-order chi connectivity index (χ1) is 17.7. The molecule has 0 bridgehead atoms. The van der Waals surface area contributed by atoms with Crippen molar-refractivity contribution in [3.8, 4) is 0 Å². The third kappa shape index (κ3) is 7.02. The van der Waals surface area contributed by atoms with E-state index in [-0.39, 0.29) is 69.4 Å². The lowest BCUT2D eigenvalue weighted by Gasteiger charge is -2.45. The summed E-state index contributed by atoms with van der Waals surface area (Å²) in [5, 5.41) is 7.65. The zero-order valence-corrected chi connectivity index (χ0v) is 20.2. The molecule has 0 aliphatic carbocycles. The number of hydrogen-bond donors (Lipinski definition) is 4. The molecule has 1 aromatic rings. The van der Waals surface area contributed by atoms with Crippen molar-refractivity contribution in [3.05, 3.63) is 45.5 Å². The van der Waals surface area contributed by atoms with Crippen molar-refractivity contribution in [1.29, 1.82) is 0 Å². The number of halogens is 6. The average Bonchev–Trinajstić information content (AvgIpc) is 2.81. The number of amides is 1. The van der Waals surface area contributed by atoms with Crippen LogP contribution < -0.4 is 22.3 Å². The van der Waals surface area contributed by atoms with E-state index in [4.69, 9.17) is 20.9 Å². The fourth-order valence-corrected chi connectivity index (χ4v) is 3.96. The number of nitrogens with zero attached hydrogens (tertiary/aromatic N) is 3. The van der Waals surface area contributed by atoms with Crippen molar-refractivity contribution < 1.29 is 40.6 Å². The third-order valence-corrected chi connectivity index (χ3v) is 5.81. The Morgan fingerprint density at radius 3 is 2.71 bits per heavy atom. The molecule has 2 atom stereocenters. The topological polar surface area (TPSA) is 152 Å². The van der Waals surface area contributed by atoms with Crippen molar-refractivity contribution in [2.75, 3.05) is 44.8 Å². The minimum atomic E-state index is -4.88. The summed E-state index contributed by atoms with van der Waals surface area (Å²) in [7, 11) is 0. The molecule has 1 saturated heterocycles. The Kier molecular flexibility index (Phi) is 8.68. The van der Waals surface area contributed by atoms with Gasteiger partial charge in [-0.15, -0.1) is 0 Å². The number of allylic oxidation sites excluding steroid dienone is 2. The van der Waals surface area contributed by atoms with Crippen molar-refractivity contribution in [1.82, 2.24) is 20.0 Å². The maximum Gasteiger partial charge on any atom is 0.430 e. The summed E-state index contributed by atoms with van der Waals surface area (Å²) in [6.45, 7) is 2.21. The number of alkyl halides is 6. The molecule has 2 aliphatic heterocycles. The summed E-state index contributed by atoms with van der Waals surface area (Å²) in [6.07, 6.45) is -8.13. The van der Waals surface area contributed by atoms with Gasteiger partial charge >= 0.3 is 12.4 Å². The van der Waals surface area contributed by atoms with Crippen LogP contribution >= 0.6 is 0 Å². The molecular weight excluding hydrogens is 528 g/mol. The number of aromatic amines is 1. The number of nitrogens with one attached hydrogen (secondary N) is 2. The lowest BCUT2D eigenvalue weighted by Crippen LogP contribution is -2.58. The third-order valence-electron chi connectivity index (χ3n) is 5.81. The second kappa shape index (κ2) is 11.4. The van der Waals surface area contributed by atoms with Gasteiger partial charge in [-0.3, -0.25) is 9.59 Å². The van der Waals surface area contributed by atoms with Gasteiger partial charge in [-0.2, -0.15) is 31.4 Å². The minimum Gasteiger partial charge on any atom is -0.488 e. The van der Waals surface area contributed by atoms with Gasteiger partial charge in [-0.25, -0.2) is 5.10 Å². The first-order valence-electron chi connectivity index (χ1n) is 11.4. The summed E-state index contributed by atoms with van der Waals surface area (Å²) >= 11 is 0. The number of fused-ring (bicyclic) bond motifs is 1. The van der Waals surface area contributed by atoms with Gasteiger partial charge in [0.1, 0.15) is 23.7 Å². The van der Waals surface area contributed by atoms with E-state index in [0.717, 1.165) is 6.20 Å². The number of hydrogen-bond acceptors (Lipinski definition) is 9. The maximum atomic E-state index is 13.1. The Balaban J connectivity index is 1.46. The molecule has 6 N–H and O–H groups in total. The predicted octanol–water partition coefficient (Wildman–Crippen LogP) is 1.07. The Bertz CT molecular complexity index is 1130. The van der Waals surface area contributed by atoms with Crippen LogP contribution in [0, 0.1) is 0 Å². The van der Waals surface area contributed by atoms with Crippen molar-refractivity contribution >= 4 is 11.6 Å². The molecule has 0 saturated carbocycles. The van der Waals surface area contributed by atoms with E-state index in [9.17, 15) is 35.9 Å². The Morgan fingerprint density at radius 1 is 1.34 bits per heavy atom. The van der Waals surface area contributed by atoms with Crippen LogP contribution in [0.15, 0.2) is 34.3 Å². The summed E-state index contributed by atoms with van der Waals surface area (Å²) < 4.78 is 88.3. The predicted molar refractivity (Wildman–Crippen MR) is 121 cm³/mol. The number of H-pyrrole nitrogens is 1. The average molecular weight is 555 g/mol. The van der Waals surface area contributed by atoms with Gasteiger partial charge < -0.3 is 36.1 Å². The smallest absolute Gasteiger partial charge is 0.430 e. The molecule has 17 heteroatoms. The lowest BCUT2D eigenvalue weighted by atomic mass is 10.1. The summed E-state index contributed by atoms with van der Waals surface area (Å²) in [4.78, 5) is 27.3. The highest BCUT2D eigenvalue weighted by atomic mass is 19.4. The van der Waals surface area contributed by atoms with Gasteiger partial charge in [0.05, 0.1) is 37.6 Å². The number of carbonyl (C=O) groups excluding carboxylic acids is 1. The minimum absolute atomic E-state index is 0.00176. The molecule has 1 aromatic heterocycles. The Labute approximate surface area is 212 Å². The van der Waals surface area contributed by atoms with E-state index >= 15 is 0 Å². The zero-order chi connectivity index (χ0) is 28.3. The molecular formula is C21H27F6N7O4. The number of anilines is 1. The van der Waals surface area contributed by atoms with Crippen molar-refractivity contribution in [3.63, 3.8) is 0 Å². The van der Waals surface area contributed by atoms with Crippen LogP contribution in [-0.2, 0) is 20.4 Å². The highest BCUT2D eigenvalue weighted by molar-refractivity contribution is 5.76. The van der Waals surface area contributed by atoms with E-state index in [0.29, 0.717) is 6.08 Å². The second-order valence-electron chi connectivity index (χ2n) is 8.70. The molecule has 11 nitrogen and oxygen atoms in total. The number of nitrogens with two attached hydrogens (primary N) is 2. The van der Waals surface area contributed by atoms with E-state index in [2.05, 4.69) is 10.4 Å². The normalized spacial score (nSPS) is 19.7. The first-order valence-corrected chi connectivity index (χ1v) is 11.4. The lowest BCUT2D eigenvalue weighted by molar-refractivity contribution is -0.138. The maximum absolute atomic E-state index is 13.1. The van der Waals surface area contributed by atoms with Crippen LogP contribution in [-0.4, -0.2) is 83.6 Å². The standard InChI is InChI=1S/C21H27F6N7O4/c1-11(31-13-7-30-32-19(36)17(13)21(25,26)27)9-37-5-2-16(35)33-3-4-34-12(8-33)10-38-14(18(34)29)6-15(28)20(22,23)24/h6-7,11-12H,2-5,8-10,28-29H2,1H3,(H2,31,32,36)/b15-6-/t11-,12-/m0/s1. The summed E-state index contributed by atoms with van der Waals surface area (Å²) in [5.41, 5.74) is 6.39. The molecule has 212 valence electrons. The van der Waals surface area contributed by atoms with Gasteiger partial charge in [0.2, 0.25) is 5.91 Å². The summed E-state index contributed by atoms with van der Waals surface area (Å²) in [5.74, 6) is -0.446. The molecule has 1 fully saturated rings. The highest BCUT2D eigenvalue weighted by Gasteiger charge is 2.38. The summed E-state index contributed by atoms with van der Waals surface area (Å²) in [6, 6.07) is -1.00.